The molecule has 1 atom stereocenters. The Bertz CT molecular complexity index is 1190. The average molecular weight is 410 g/mol. The summed E-state index contributed by atoms with van der Waals surface area (Å²) in [5.74, 6) is 0.235. The van der Waals surface area contributed by atoms with Crippen LogP contribution in [-0.2, 0) is 6.18 Å². The first-order chi connectivity index (χ1) is 14.3. The molecule has 5 nitrogen and oxygen atoms in total. The van der Waals surface area contributed by atoms with E-state index >= 15 is 0 Å². The van der Waals surface area contributed by atoms with E-state index < -0.39 is 17.8 Å². The van der Waals surface area contributed by atoms with Crippen LogP contribution in [0.2, 0.25) is 0 Å². The van der Waals surface area contributed by atoms with Crippen molar-refractivity contribution in [1.29, 1.82) is 0 Å². The van der Waals surface area contributed by atoms with Crippen LogP contribution in [0.4, 0.5) is 19.1 Å². The quantitative estimate of drug-likeness (QED) is 0.480. The Hall–Kier alpha value is -3.68. The molecule has 0 radical (unpaired) electrons. The van der Waals surface area contributed by atoms with E-state index in [9.17, 15) is 18.3 Å². The number of phenolic OH excluding ortho intramolecular Hbond substituents is 1. The van der Waals surface area contributed by atoms with Gasteiger partial charge in [0.2, 0.25) is 5.95 Å². The predicted octanol–water partition coefficient (Wildman–Crippen LogP) is 5.26. The predicted molar refractivity (Wildman–Crippen MR) is 107 cm³/mol. The maximum atomic E-state index is 13.0. The number of anilines is 1. The molecule has 0 amide bonds. The van der Waals surface area contributed by atoms with Gasteiger partial charge in [0.1, 0.15) is 11.3 Å². The highest BCUT2D eigenvalue weighted by Gasteiger charge is 2.30. The van der Waals surface area contributed by atoms with Crippen LogP contribution in [0.25, 0.3) is 10.9 Å². The maximum Gasteiger partial charge on any atom is 0.416 e. The highest BCUT2D eigenvalue weighted by atomic mass is 19.4. The van der Waals surface area contributed by atoms with Crippen LogP contribution in [0.5, 0.6) is 5.75 Å². The van der Waals surface area contributed by atoms with Gasteiger partial charge in [-0.2, -0.15) is 13.2 Å². The van der Waals surface area contributed by atoms with E-state index in [4.69, 9.17) is 0 Å². The van der Waals surface area contributed by atoms with Gasteiger partial charge in [-0.25, -0.2) is 9.97 Å². The molecule has 30 heavy (non-hydrogen) atoms. The summed E-state index contributed by atoms with van der Waals surface area (Å²) < 4.78 is 39.0. The summed E-state index contributed by atoms with van der Waals surface area (Å²) in [6.07, 6.45) is -1.29. The topological polar surface area (TPSA) is 70.9 Å². The number of nitrogens with zero attached hydrogens (tertiary/aromatic N) is 3. The van der Waals surface area contributed by atoms with Gasteiger partial charge in [0, 0.05) is 29.0 Å². The summed E-state index contributed by atoms with van der Waals surface area (Å²) in [6, 6.07) is 12.9. The Morgan fingerprint density at radius 1 is 0.933 bits per heavy atom. The van der Waals surface area contributed by atoms with Gasteiger partial charge in [0.05, 0.1) is 11.6 Å². The molecule has 2 heterocycles. The van der Waals surface area contributed by atoms with E-state index in [0.29, 0.717) is 22.6 Å². The maximum absolute atomic E-state index is 13.0. The number of hydrogen-bond acceptors (Lipinski definition) is 5. The molecule has 1 unspecified atom stereocenters. The number of rotatable bonds is 4. The van der Waals surface area contributed by atoms with Gasteiger partial charge < -0.3 is 10.4 Å². The Balaban J connectivity index is 1.82. The third-order valence-electron chi connectivity index (χ3n) is 4.73. The molecule has 152 valence electrons. The number of fused-ring (bicyclic) bond motifs is 1. The average Bonchev–Trinajstić information content (AvgIpc) is 2.72. The van der Waals surface area contributed by atoms with Crippen molar-refractivity contribution >= 4 is 16.9 Å². The summed E-state index contributed by atoms with van der Waals surface area (Å²) >= 11 is 0. The number of pyridine rings is 1. The first kappa shape index (κ1) is 19.6. The van der Waals surface area contributed by atoms with E-state index in [1.54, 1.807) is 43.6 Å². The van der Waals surface area contributed by atoms with Crippen molar-refractivity contribution in [3.63, 3.8) is 0 Å². The van der Waals surface area contributed by atoms with Crippen molar-refractivity contribution in [2.75, 3.05) is 5.32 Å². The molecule has 2 N–H and O–H groups in total. The Labute approximate surface area is 170 Å². The largest absolute Gasteiger partial charge is 0.505 e. The minimum atomic E-state index is -4.43. The van der Waals surface area contributed by atoms with Crippen LogP contribution >= 0.6 is 0 Å². The Kier molecular flexibility index (Phi) is 4.99. The van der Waals surface area contributed by atoms with Gasteiger partial charge >= 0.3 is 6.18 Å². The van der Waals surface area contributed by atoms with Gasteiger partial charge in [-0.05, 0) is 36.8 Å². The van der Waals surface area contributed by atoms with Crippen LogP contribution in [0, 0.1) is 6.92 Å². The molecule has 8 heteroatoms. The molecule has 0 aliphatic carbocycles. The van der Waals surface area contributed by atoms with Crippen LogP contribution in [0.1, 0.15) is 28.4 Å². The van der Waals surface area contributed by atoms with Crippen molar-refractivity contribution in [1.82, 2.24) is 15.0 Å². The van der Waals surface area contributed by atoms with Crippen molar-refractivity contribution in [2.45, 2.75) is 19.1 Å². The van der Waals surface area contributed by atoms with Gasteiger partial charge in [-0.1, -0.05) is 30.3 Å². The highest BCUT2D eigenvalue weighted by molar-refractivity contribution is 5.85. The number of hydrogen-bond donors (Lipinski definition) is 2. The molecule has 0 saturated heterocycles. The van der Waals surface area contributed by atoms with Gasteiger partial charge in [-0.3, -0.25) is 4.98 Å². The van der Waals surface area contributed by atoms with Crippen LogP contribution in [0.15, 0.2) is 67.0 Å². The van der Waals surface area contributed by atoms with Crippen molar-refractivity contribution in [3.05, 3.63) is 89.4 Å². The van der Waals surface area contributed by atoms with E-state index in [0.717, 1.165) is 23.2 Å². The van der Waals surface area contributed by atoms with Crippen LogP contribution in [0.3, 0.4) is 0 Å². The fourth-order valence-corrected chi connectivity index (χ4v) is 3.23. The smallest absolute Gasteiger partial charge is 0.416 e. The van der Waals surface area contributed by atoms with Gasteiger partial charge in [0.15, 0.2) is 0 Å². The second-order valence-corrected chi connectivity index (χ2v) is 6.80. The lowest BCUT2D eigenvalue weighted by Gasteiger charge is -2.22. The zero-order valence-electron chi connectivity index (χ0n) is 15.9. The lowest BCUT2D eigenvalue weighted by Crippen LogP contribution is -2.15. The molecule has 0 fully saturated rings. The second kappa shape index (κ2) is 7.62. The lowest BCUT2D eigenvalue weighted by atomic mass is 9.95. The van der Waals surface area contributed by atoms with Gasteiger partial charge in [0.25, 0.3) is 0 Å². The number of nitrogens with one attached hydrogen (secondary N) is 1. The van der Waals surface area contributed by atoms with Crippen molar-refractivity contribution in [3.8, 4) is 5.75 Å². The number of alkyl halides is 3. The molecule has 0 saturated carbocycles. The molecule has 2 aromatic heterocycles. The number of halogens is 3. The minimum absolute atomic E-state index is 0.0573. The molecular formula is C22H17F3N4O. The minimum Gasteiger partial charge on any atom is -0.505 e. The molecule has 0 bridgehead atoms. The normalized spacial score (nSPS) is 12.7. The number of aromatic hydroxyl groups is 1. The van der Waals surface area contributed by atoms with Crippen molar-refractivity contribution in [2.24, 2.45) is 0 Å². The first-order valence-electron chi connectivity index (χ1n) is 9.13. The first-order valence-corrected chi connectivity index (χ1v) is 9.13. The lowest BCUT2D eigenvalue weighted by molar-refractivity contribution is -0.137. The number of phenols is 1. The second-order valence-electron chi connectivity index (χ2n) is 6.80. The zero-order chi connectivity index (χ0) is 21.3. The number of aryl methyl sites for hydroxylation is 1. The number of benzene rings is 2. The molecule has 0 aliphatic heterocycles. The summed E-state index contributed by atoms with van der Waals surface area (Å²) in [7, 11) is 0. The van der Waals surface area contributed by atoms with Crippen LogP contribution < -0.4 is 5.32 Å². The summed E-state index contributed by atoms with van der Waals surface area (Å²) in [5, 5.41) is 14.7. The van der Waals surface area contributed by atoms with E-state index in [-0.39, 0.29) is 5.75 Å². The van der Waals surface area contributed by atoms with Crippen molar-refractivity contribution < 1.29 is 18.3 Å². The van der Waals surface area contributed by atoms with Crippen LogP contribution in [-0.4, -0.2) is 20.1 Å². The number of aromatic nitrogens is 3. The van der Waals surface area contributed by atoms with Gasteiger partial charge in [-0.15, -0.1) is 0 Å². The fraction of sp³-hybridized carbons (Fsp3) is 0.136. The third-order valence-corrected chi connectivity index (χ3v) is 4.73. The molecule has 2 aromatic carbocycles. The molecule has 4 aromatic rings. The summed E-state index contributed by atoms with van der Waals surface area (Å²) in [6.45, 7) is 1.80. The van der Waals surface area contributed by atoms with E-state index in [1.165, 1.54) is 12.1 Å². The molecule has 0 spiro atoms. The Morgan fingerprint density at radius 2 is 1.70 bits per heavy atom. The SMILES string of the molecule is Cc1ccnc(NC(c2ccc(C(F)(F)F)cc2)c2ccc3cccnc3c2O)n1. The zero-order valence-corrected chi connectivity index (χ0v) is 15.9. The monoisotopic (exact) mass is 410 g/mol. The Morgan fingerprint density at radius 3 is 2.40 bits per heavy atom. The molecule has 0 aliphatic rings. The highest BCUT2D eigenvalue weighted by Crippen LogP contribution is 2.37. The fourth-order valence-electron chi connectivity index (χ4n) is 3.23. The molecule has 4 rings (SSSR count). The molecular weight excluding hydrogens is 393 g/mol. The van der Waals surface area contributed by atoms with E-state index in [1.807, 2.05) is 6.07 Å². The third kappa shape index (κ3) is 3.89. The van der Waals surface area contributed by atoms with E-state index in [2.05, 4.69) is 20.3 Å². The summed E-state index contributed by atoms with van der Waals surface area (Å²) in [5.41, 5.74) is 1.34. The standard InChI is InChI=1S/C22H17F3N4O/c1-13-10-12-27-21(28-13)29-18(15-4-7-16(8-5-15)22(23,24)25)17-9-6-14-3-2-11-26-19(14)20(17)30/h2-12,18,30H,1H3,(H,27,28,29). The summed E-state index contributed by atoms with van der Waals surface area (Å²) in [4.78, 5) is 12.7.